The SMILES string of the molecule is Cc1ccc(C(=O)NCC(=O)N(Cc2ccccc2F)C2CC2)cc1. The summed E-state index contributed by atoms with van der Waals surface area (Å²) in [4.78, 5) is 26.3. The summed E-state index contributed by atoms with van der Waals surface area (Å²) in [5.74, 6) is -0.786. The van der Waals surface area contributed by atoms with Crippen LogP contribution >= 0.6 is 0 Å². The number of rotatable bonds is 6. The van der Waals surface area contributed by atoms with Crippen LogP contribution < -0.4 is 5.32 Å². The van der Waals surface area contributed by atoms with Crippen LogP contribution in [0.2, 0.25) is 0 Å². The molecule has 0 aliphatic heterocycles. The maximum absolute atomic E-state index is 13.9. The fourth-order valence-corrected chi connectivity index (χ4v) is 2.68. The van der Waals surface area contributed by atoms with Crippen LogP contribution in [-0.2, 0) is 11.3 Å². The van der Waals surface area contributed by atoms with E-state index in [1.165, 1.54) is 6.07 Å². The Balaban J connectivity index is 1.61. The zero-order chi connectivity index (χ0) is 17.8. The largest absolute Gasteiger partial charge is 0.343 e. The van der Waals surface area contributed by atoms with Crippen LogP contribution in [0.15, 0.2) is 48.5 Å². The van der Waals surface area contributed by atoms with Crippen LogP contribution in [0.3, 0.4) is 0 Å². The third-order valence-corrected chi connectivity index (χ3v) is 4.32. The molecule has 0 bridgehead atoms. The lowest BCUT2D eigenvalue weighted by molar-refractivity contribution is -0.131. The molecular weight excluding hydrogens is 319 g/mol. The van der Waals surface area contributed by atoms with Crippen molar-refractivity contribution < 1.29 is 14.0 Å². The average molecular weight is 340 g/mol. The summed E-state index contributed by atoms with van der Waals surface area (Å²) in [6.07, 6.45) is 1.85. The molecule has 0 atom stereocenters. The smallest absolute Gasteiger partial charge is 0.251 e. The molecule has 1 aliphatic rings. The van der Waals surface area contributed by atoms with Gasteiger partial charge >= 0.3 is 0 Å². The first kappa shape index (κ1) is 17.1. The molecule has 1 fully saturated rings. The van der Waals surface area contributed by atoms with Gasteiger partial charge in [0.2, 0.25) is 5.91 Å². The first-order valence-electron chi connectivity index (χ1n) is 8.42. The van der Waals surface area contributed by atoms with Crippen LogP contribution in [0.5, 0.6) is 0 Å². The summed E-state index contributed by atoms with van der Waals surface area (Å²) in [6.45, 7) is 2.09. The molecule has 0 aromatic heterocycles. The Morgan fingerprint density at radius 2 is 1.80 bits per heavy atom. The molecule has 4 nitrogen and oxygen atoms in total. The minimum absolute atomic E-state index is 0.0857. The first-order chi connectivity index (χ1) is 12.0. The van der Waals surface area contributed by atoms with Gasteiger partial charge in [0.15, 0.2) is 0 Å². The van der Waals surface area contributed by atoms with E-state index in [1.807, 2.05) is 19.1 Å². The van der Waals surface area contributed by atoms with E-state index in [9.17, 15) is 14.0 Å². The third-order valence-electron chi connectivity index (χ3n) is 4.32. The number of nitrogens with zero attached hydrogens (tertiary/aromatic N) is 1. The molecule has 2 aromatic rings. The number of halogens is 1. The Bertz CT molecular complexity index is 770. The fourth-order valence-electron chi connectivity index (χ4n) is 2.68. The van der Waals surface area contributed by atoms with Crippen LogP contribution in [0.25, 0.3) is 0 Å². The summed E-state index contributed by atoms with van der Waals surface area (Å²) in [5, 5.41) is 2.66. The van der Waals surface area contributed by atoms with Gasteiger partial charge in [0, 0.05) is 23.7 Å². The van der Waals surface area contributed by atoms with Gasteiger partial charge in [0.05, 0.1) is 6.54 Å². The third kappa shape index (κ3) is 4.44. The molecule has 2 amide bonds. The Labute approximate surface area is 146 Å². The van der Waals surface area contributed by atoms with E-state index in [2.05, 4.69) is 5.32 Å². The summed E-state index contributed by atoms with van der Waals surface area (Å²) in [6, 6.07) is 13.8. The second kappa shape index (κ2) is 7.47. The number of hydrogen-bond acceptors (Lipinski definition) is 2. The normalized spacial score (nSPS) is 13.4. The number of amides is 2. The van der Waals surface area contributed by atoms with E-state index in [0.717, 1.165) is 18.4 Å². The highest BCUT2D eigenvalue weighted by molar-refractivity contribution is 5.96. The number of benzene rings is 2. The van der Waals surface area contributed by atoms with Gasteiger partial charge < -0.3 is 10.2 Å². The summed E-state index contributed by atoms with van der Waals surface area (Å²) < 4.78 is 13.9. The predicted octanol–water partition coefficient (Wildman–Crippen LogP) is 3.06. The monoisotopic (exact) mass is 340 g/mol. The van der Waals surface area contributed by atoms with Crippen molar-refractivity contribution in [3.63, 3.8) is 0 Å². The Kier molecular flexibility index (Phi) is 5.12. The number of nitrogens with one attached hydrogen (secondary N) is 1. The first-order valence-corrected chi connectivity index (χ1v) is 8.42. The van der Waals surface area contributed by atoms with E-state index in [-0.39, 0.29) is 36.8 Å². The number of aryl methyl sites for hydroxylation is 1. The molecule has 0 saturated heterocycles. The van der Waals surface area contributed by atoms with Crippen molar-refractivity contribution in [2.75, 3.05) is 6.54 Å². The molecule has 5 heteroatoms. The molecule has 2 aromatic carbocycles. The van der Waals surface area contributed by atoms with Crippen molar-refractivity contribution in [1.29, 1.82) is 0 Å². The molecular formula is C20H21FN2O2. The minimum atomic E-state index is -0.315. The zero-order valence-corrected chi connectivity index (χ0v) is 14.2. The van der Waals surface area contributed by atoms with Crippen molar-refractivity contribution in [2.45, 2.75) is 32.4 Å². The summed E-state index contributed by atoms with van der Waals surface area (Å²) >= 11 is 0. The van der Waals surface area contributed by atoms with Gasteiger partial charge in [0.1, 0.15) is 5.82 Å². The Morgan fingerprint density at radius 1 is 1.12 bits per heavy atom. The lowest BCUT2D eigenvalue weighted by Crippen LogP contribution is -2.41. The highest BCUT2D eigenvalue weighted by Gasteiger charge is 2.32. The molecule has 0 heterocycles. The quantitative estimate of drug-likeness (QED) is 0.879. The van der Waals surface area contributed by atoms with Gasteiger partial charge in [-0.1, -0.05) is 35.9 Å². The maximum Gasteiger partial charge on any atom is 0.251 e. The molecule has 0 radical (unpaired) electrons. The zero-order valence-electron chi connectivity index (χ0n) is 14.2. The van der Waals surface area contributed by atoms with E-state index < -0.39 is 0 Å². The molecule has 0 unspecified atom stereocenters. The van der Waals surface area contributed by atoms with Gasteiger partial charge in [0.25, 0.3) is 5.91 Å². The van der Waals surface area contributed by atoms with Crippen molar-refractivity contribution in [3.8, 4) is 0 Å². The second-order valence-electron chi connectivity index (χ2n) is 6.39. The molecule has 1 saturated carbocycles. The standard InChI is InChI=1S/C20H21FN2O2/c1-14-6-8-15(9-7-14)20(25)22-12-19(24)23(17-10-11-17)13-16-4-2-3-5-18(16)21/h2-9,17H,10-13H2,1H3,(H,22,25). The number of hydrogen-bond donors (Lipinski definition) is 1. The topological polar surface area (TPSA) is 49.4 Å². The van der Waals surface area contributed by atoms with Gasteiger partial charge in [-0.05, 0) is 38.0 Å². The van der Waals surface area contributed by atoms with Crippen molar-refractivity contribution in [3.05, 3.63) is 71.0 Å². The Morgan fingerprint density at radius 3 is 2.44 bits per heavy atom. The van der Waals surface area contributed by atoms with Crippen LogP contribution in [0, 0.1) is 12.7 Å². The molecule has 25 heavy (non-hydrogen) atoms. The van der Waals surface area contributed by atoms with Gasteiger partial charge in [-0.2, -0.15) is 0 Å². The second-order valence-corrected chi connectivity index (χ2v) is 6.39. The maximum atomic E-state index is 13.9. The summed E-state index contributed by atoms with van der Waals surface area (Å²) in [5.41, 5.74) is 2.08. The van der Waals surface area contributed by atoms with Gasteiger partial charge in [-0.3, -0.25) is 9.59 Å². The van der Waals surface area contributed by atoms with E-state index >= 15 is 0 Å². The lowest BCUT2D eigenvalue weighted by Gasteiger charge is -2.23. The van der Waals surface area contributed by atoms with Gasteiger partial charge in [-0.15, -0.1) is 0 Å². The average Bonchev–Trinajstić information content (AvgIpc) is 3.44. The molecule has 130 valence electrons. The van der Waals surface area contributed by atoms with Gasteiger partial charge in [-0.25, -0.2) is 4.39 Å². The number of carbonyl (C=O) groups is 2. The van der Waals surface area contributed by atoms with E-state index in [0.29, 0.717) is 11.1 Å². The molecule has 1 aliphatic carbocycles. The van der Waals surface area contributed by atoms with Crippen LogP contribution in [0.4, 0.5) is 4.39 Å². The predicted molar refractivity (Wildman–Crippen MR) is 93.5 cm³/mol. The molecule has 1 N–H and O–H groups in total. The number of carbonyl (C=O) groups excluding carboxylic acids is 2. The highest BCUT2D eigenvalue weighted by Crippen LogP contribution is 2.28. The van der Waals surface area contributed by atoms with E-state index in [1.54, 1.807) is 35.2 Å². The van der Waals surface area contributed by atoms with Crippen molar-refractivity contribution >= 4 is 11.8 Å². The molecule has 3 rings (SSSR count). The van der Waals surface area contributed by atoms with Crippen molar-refractivity contribution in [1.82, 2.24) is 10.2 Å². The van der Waals surface area contributed by atoms with Crippen molar-refractivity contribution in [2.24, 2.45) is 0 Å². The van der Waals surface area contributed by atoms with Crippen LogP contribution in [-0.4, -0.2) is 29.3 Å². The van der Waals surface area contributed by atoms with E-state index in [4.69, 9.17) is 0 Å². The summed E-state index contributed by atoms with van der Waals surface area (Å²) in [7, 11) is 0. The highest BCUT2D eigenvalue weighted by atomic mass is 19.1. The minimum Gasteiger partial charge on any atom is -0.343 e. The Hall–Kier alpha value is -2.69. The molecule has 0 spiro atoms. The lowest BCUT2D eigenvalue weighted by atomic mass is 10.1. The van der Waals surface area contributed by atoms with Crippen LogP contribution in [0.1, 0.15) is 34.3 Å². The fraction of sp³-hybridized carbons (Fsp3) is 0.300.